The molecule has 1 heterocycles. The minimum atomic E-state index is -0.576. The molecule has 0 atom stereocenters. The van der Waals surface area contributed by atoms with Crippen LogP contribution in [-0.2, 0) is 6.54 Å². The molecular formula is C13H18ClN3O. The van der Waals surface area contributed by atoms with Crippen LogP contribution in [0.2, 0.25) is 5.02 Å². The lowest BCUT2D eigenvalue weighted by Gasteiger charge is -2.21. The molecule has 0 amide bonds. The molecule has 18 heavy (non-hydrogen) atoms. The highest BCUT2D eigenvalue weighted by Gasteiger charge is 2.17. The summed E-state index contributed by atoms with van der Waals surface area (Å²) < 4.78 is 1.37. The molecule has 0 unspecified atom stereocenters. The van der Waals surface area contributed by atoms with Gasteiger partial charge in [0.25, 0.3) is 5.56 Å². The van der Waals surface area contributed by atoms with Crippen molar-refractivity contribution in [3.63, 3.8) is 0 Å². The third-order valence-corrected chi connectivity index (χ3v) is 2.88. The van der Waals surface area contributed by atoms with E-state index in [4.69, 9.17) is 18.0 Å². The minimum absolute atomic E-state index is 0.129. The zero-order valence-corrected chi connectivity index (χ0v) is 11.7. The van der Waals surface area contributed by atoms with Crippen molar-refractivity contribution < 1.29 is 0 Å². The van der Waals surface area contributed by atoms with Crippen molar-refractivity contribution in [1.82, 2.24) is 9.78 Å². The van der Waals surface area contributed by atoms with E-state index in [0.717, 1.165) is 12.8 Å². The maximum atomic E-state index is 11.9. The molecule has 0 aliphatic heterocycles. The van der Waals surface area contributed by atoms with Crippen molar-refractivity contribution in [2.24, 2.45) is 0 Å². The second-order valence-corrected chi connectivity index (χ2v) is 5.03. The number of nitrogens with one attached hydrogen (secondary N) is 1. The molecule has 4 nitrogen and oxygen atoms in total. The molecule has 0 saturated heterocycles. The predicted octanol–water partition coefficient (Wildman–Crippen LogP) is 2.52. The van der Waals surface area contributed by atoms with Gasteiger partial charge in [0.2, 0.25) is 0 Å². The highest BCUT2D eigenvalue weighted by atomic mass is 35.5. The zero-order valence-electron chi connectivity index (χ0n) is 11.0. The number of nitrogens with zero attached hydrogens (tertiary/aromatic N) is 2. The maximum Gasteiger partial charge on any atom is 0.287 e. The van der Waals surface area contributed by atoms with E-state index in [-0.39, 0.29) is 10.6 Å². The van der Waals surface area contributed by atoms with Crippen LogP contribution in [0, 0.1) is 12.3 Å². The fraction of sp³-hybridized carbons (Fsp3) is 0.538. The van der Waals surface area contributed by atoms with Crippen molar-refractivity contribution in [1.29, 1.82) is 0 Å². The molecule has 1 aromatic heterocycles. The Kier molecular flexibility index (Phi) is 4.80. The van der Waals surface area contributed by atoms with Gasteiger partial charge in [0.05, 0.1) is 17.4 Å². The topological polar surface area (TPSA) is 46.9 Å². The molecule has 0 aliphatic rings. The van der Waals surface area contributed by atoms with Crippen molar-refractivity contribution in [2.45, 2.75) is 45.7 Å². The molecule has 0 spiro atoms. The Morgan fingerprint density at radius 2 is 2.28 bits per heavy atom. The first-order valence-electron chi connectivity index (χ1n) is 5.93. The minimum Gasteiger partial charge on any atom is -0.367 e. The quantitative estimate of drug-likeness (QED) is 0.834. The summed E-state index contributed by atoms with van der Waals surface area (Å²) in [6.07, 6.45) is 8.81. The predicted molar refractivity (Wildman–Crippen MR) is 74.9 cm³/mol. The van der Waals surface area contributed by atoms with Crippen LogP contribution in [0.5, 0.6) is 0 Å². The van der Waals surface area contributed by atoms with Gasteiger partial charge in [-0.2, -0.15) is 5.10 Å². The summed E-state index contributed by atoms with van der Waals surface area (Å²) in [5.41, 5.74) is -0.395. The zero-order chi connectivity index (χ0) is 13.8. The summed E-state index contributed by atoms with van der Waals surface area (Å²) in [6, 6.07) is 0. The molecular weight excluding hydrogens is 250 g/mol. The van der Waals surface area contributed by atoms with Crippen LogP contribution in [0.15, 0.2) is 11.0 Å². The molecule has 0 saturated carbocycles. The van der Waals surface area contributed by atoms with Crippen LogP contribution in [0.1, 0.15) is 33.6 Å². The van der Waals surface area contributed by atoms with E-state index < -0.39 is 5.54 Å². The summed E-state index contributed by atoms with van der Waals surface area (Å²) in [6.45, 7) is 6.28. The summed E-state index contributed by atoms with van der Waals surface area (Å²) in [7, 11) is 0. The molecule has 0 aromatic carbocycles. The van der Waals surface area contributed by atoms with E-state index in [9.17, 15) is 4.79 Å². The van der Waals surface area contributed by atoms with Gasteiger partial charge >= 0.3 is 0 Å². The number of hydrogen-bond acceptors (Lipinski definition) is 3. The number of anilines is 1. The van der Waals surface area contributed by atoms with E-state index in [1.165, 1.54) is 4.68 Å². The Labute approximate surface area is 112 Å². The van der Waals surface area contributed by atoms with E-state index in [0.29, 0.717) is 12.2 Å². The second kappa shape index (κ2) is 5.92. The monoisotopic (exact) mass is 267 g/mol. The highest BCUT2D eigenvalue weighted by Crippen LogP contribution is 2.19. The van der Waals surface area contributed by atoms with E-state index in [2.05, 4.69) is 23.3 Å². The van der Waals surface area contributed by atoms with Crippen molar-refractivity contribution in [3.8, 4) is 12.3 Å². The third kappa shape index (κ3) is 3.51. The van der Waals surface area contributed by atoms with Gasteiger partial charge in [-0.25, -0.2) is 4.68 Å². The van der Waals surface area contributed by atoms with Gasteiger partial charge in [0, 0.05) is 6.54 Å². The summed E-state index contributed by atoms with van der Waals surface area (Å²) in [5, 5.41) is 7.23. The standard InChI is InChI=1S/C13H18ClN3O/c1-5-7-8-17-12(18)11(14)10(9-15-17)16-13(3,4)6-2/h2,9,16H,5,7-8H2,1,3-4H3. The summed E-state index contributed by atoms with van der Waals surface area (Å²) in [5.74, 6) is 2.58. The molecule has 1 N–H and O–H groups in total. The Balaban J connectivity index is 3.02. The van der Waals surface area contributed by atoms with Gasteiger partial charge in [-0.3, -0.25) is 4.79 Å². The molecule has 98 valence electrons. The SMILES string of the molecule is C#CC(C)(C)Nc1cnn(CCCC)c(=O)c1Cl. The number of hydrogen-bond donors (Lipinski definition) is 1. The number of rotatable bonds is 5. The van der Waals surface area contributed by atoms with Gasteiger partial charge in [-0.1, -0.05) is 30.9 Å². The van der Waals surface area contributed by atoms with Crippen molar-refractivity contribution in [3.05, 3.63) is 21.6 Å². The Morgan fingerprint density at radius 3 is 2.83 bits per heavy atom. The molecule has 1 aromatic rings. The lowest BCUT2D eigenvalue weighted by Crippen LogP contribution is -2.31. The maximum absolute atomic E-state index is 11.9. The average Bonchev–Trinajstić information content (AvgIpc) is 2.34. The van der Waals surface area contributed by atoms with Crippen molar-refractivity contribution >= 4 is 17.3 Å². The molecule has 0 aliphatic carbocycles. The lowest BCUT2D eigenvalue weighted by atomic mass is 10.1. The Hall–Kier alpha value is -1.47. The first-order chi connectivity index (χ1) is 8.41. The molecule has 1 rings (SSSR count). The Morgan fingerprint density at radius 1 is 1.61 bits per heavy atom. The fourth-order valence-electron chi connectivity index (χ4n) is 1.39. The van der Waals surface area contributed by atoms with Crippen LogP contribution in [0.25, 0.3) is 0 Å². The lowest BCUT2D eigenvalue weighted by molar-refractivity contribution is 0.542. The first-order valence-corrected chi connectivity index (χ1v) is 6.30. The number of halogens is 1. The molecule has 0 bridgehead atoms. The average molecular weight is 268 g/mol. The van der Waals surface area contributed by atoms with E-state index in [1.807, 2.05) is 13.8 Å². The van der Waals surface area contributed by atoms with E-state index >= 15 is 0 Å². The highest BCUT2D eigenvalue weighted by molar-refractivity contribution is 6.32. The van der Waals surface area contributed by atoms with Gasteiger partial charge in [0.1, 0.15) is 5.02 Å². The number of aromatic nitrogens is 2. The van der Waals surface area contributed by atoms with E-state index in [1.54, 1.807) is 6.20 Å². The summed E-state index contributed by atoms with van der Waals surface area (Å²) >= 11 is 6.04. The normalized spacial score (nSPS) is 11.1. The molecule has 0 fully saturated rings. The van der Waals surface area contributed by atoms with Crippen LogP contribution in [0.4, 0.5) is 5.69 Å². The van der Waals surface area contributed by atoms with Gasteiger partial charge in [0.15, 0.2) is 0 Å². The largest absolute Gasteiger partial charge is 0.367 e. The van der Waals surface area contributed by atoms with Gasteiger partial charge < -0.3 is 5.32 Å². The number of terminal acetylenes is 1. The van der Waals surface area contributed by atoms with Crippen molar-refractivity contribution in [2.75, 3.05) is 5.32 Å². The van der Waals surface area contributed by atoms with Gasteiger partial charge in [-0.05, 0) is 20.3 Å². The van der Waals surface area contributed by atoms with Crippen LogP contribution >= 0.6 is 11.6 Å². The third-order valence-electron chi connectivity index (χ3n) is 2.52. The molecule has 5 heteroatoms. The van der Waals surface area contributed by atoms with Crippen LogP contribution in [-0.4, -0.2) is 15.3 Å². The smallest absolute Gasteiger partial charge is 0.287 e. The number of unbranched alkanes of at least 4 members (excludes halogenated alkanes) is 1. The van der Waals surface area contributed by atoms with Crippen LogP contribution < -0.4 is 10.9 Å². The summed E-state index contributed by atoms with van der Waals surface area (Å²) in [4.78, 5) is 11.9. The second-order valence-electron chi connectivity index (χ2n) is 4.65. The first kappa shape index (κ1) is 14.6. The van der Waals surface area contributed by atoms with Gasteiger partial charge in [-0.15, -0.1) is 6.42 Å². The number of aryl methyl sites for hydroxylation is 1. The fourth-order valence-corrected chi connectivity index (χ4v) is 1.59. The Bertz CT molecular complexity index is 514. The molecule has 0 radical (unpaired) electrons. The van der Waals surface area contributed by atoms with Crippen LogP contribution in [0.3, 0.4) is 0 Å².